The highest BCUT2D eigenvalue weighted by molar-refractivity contribution is 9.10. The maximum atomic E-state index is 13.0. The molecule has 1 fully saturated rings. The van der Waals surface area contributed by atoms with Gasteiger partial charge in [0, 0.05) is 21.7 Å². The average Bonchev–Trinajstić information content (AvgIpc) is 2.99. The number of nitrogens with zero attached hydrogens (tertiary/aromatic N) is 1. The monoisotopic (exact) mass is 449 g/mol. The Labute approximate surface area is 176 Å². The summed E-state index contributed by atoms with van der Waals surface area (Å²) in [5.41, 5.74) is 2.30. The second-order valence-electron chi connectivity index (χ2n) is 6.84. The van der Waals surface area contributed by atoms with Crippen LogP contribution in [0.1, 0.15) is 22.7 Å². The normalized spacial score (nSPS) is 18.3. The molecule has 3 aromatic rings. The fourth-order valence-electron chi connectivity index (χ4n) is 3.47. The third-order valence-electron chi connectivity index (χ3n) is 4.89. The number of aromatic amines is 1. The Bertz CT molecular complexity index is 1120. The van der Waals surface area contributed by atoms with Crippen molar-refractivity contribution in [3.8, 4) is 0 Å². The lowest BCUT2D eigenvalue weighted by atomic mass is 9.95. The number of Topliss-reactive ketones (excluding diaryl/α,β-unsaturated/α-hetero) is 1. The van der Waals surface area contributed by atoms with Crippen molar-refractivity contribution in [1.29, 1.82) is 0 Å². The Kier molecular flexibility index (Phi) is 5.03. The van der Waals surface area contributed by atoms with Gasteiger partial charge in [-0.05, 0) is 25.1 Å². The number of carbonyl (C=O) groups excluding carboxylic acids is 2. The highest BCUT2D eigenvalue weighted by atomic mass is 79.9. The Morgan fingerprint density at radius 3 is 2.45 bits per heavy atom. The van der Waals surface area contributed by atoms with Crippen LogP contribution in [0, 0.1) is 6.92 Å². The molecule has 144 valence electrons. The van der Waals surface area contributed by atoms with Crippen molar-refractivity contribution in [2.24, 2.45) is 0 Å². The number of aromatic nitrogens is 1. The fraction of sp³-hybridized carbons (Fsp3) is 0.0870. The summed E-state index contributed by atoms with van der Waals surface area (Å²) in [6.07, 6.45) is 1.69. The highest BCUT2D eigenvalue weighted by Crippen LogP contribution is 2.41. The van der Waals surface area contributed by atoms with Crippen LogP contribution in [-0.2, 0) is 9.59 Å². The molecule has 0 saturated carbocycles. The van der Waals surface area contributed by atoms with Crippen LogP contribution in [0.4, 0.5) is 5.82 Å². The molecular formula is C23H18BrN2O3+. The maximum absolute atomic E-state index is 13.0. The number of rotatable bonds is 3. The van der Waals surface area contributed by atoms with E-state index in [2.05, 4.69) is 20.9 Å². The predicted octanol–water partition coefficient (Wildman–Crippen LogP) is 4.20. The van der Waals surface area contributed by atoms with Crippen molar-refractivity contribution in [3.63, 3.8) is 0 Å². The summed E-state index contributed by atoms with van der Waals surface area (Å²) >= 11 is 3.45. The van der Waals surface area contributed by atoms with E-state index in [-0.39, 0.29) is 11.3 Å². The van der Waals surface area contributed by atoms with Crippen LogP contribution in [0.25, 0.3) is 5.76 Å². The van der Waals surface area contributed by atoms with Gasteiger partial charge in [0.1, 0.15) is 5.76 Å². The largest absolute Gasteiger partial charge is 0.507 e. The van der Waals surface area contributed by atoms with Crippen molar-refractivity contribution in [2.75, 3.05) is 4.90 Å². The lowest BCUT2D eigenvalue weighted by Gasteiger charge is -2.18. The van der Waals surface area contributed by atoms with Crippen LogP contribution < -0.4 is 9.88 Å². The topological polar surface area (TPSA) is 71.8 Å². The fourth-order valence-corrected chi connectivity index (χ4v) is 3.89. The van der Waals surface area contributed by atoms with Crippen molar-refractivity contribution >= 4 is 39.2 Å². The first kappa shape index (κ1) is 19.1. The number of aliphatic hydroxyl groups excluding tert-OH is 1. The summed E-state index contributed by atoms with van der Waals surface area (Å²) in [7, 11) is 0. The summed E-state index contributed by atoms with van der Waals surface area (Å²) in [5.74, 6) is -1.12. The Balaban J connectivity index is 1.95. The average molecular weight is 450 g/mol. The van der Waals surface area contributed by atoms with E-state index in [1.54, 1.807) is 36.5 Å². The molecule has 0 aliphatic carbocycles. The van der Waals surface area contributed by atoms with Crippen molar-refractivity contribution < 1.29 is 19.7 Å². The molecule has 0 bridgehead atoms. The molecule has 1 atom stereocenters. The van der Waals surface area contributed by atoms with Crippen LogP contribution >= 0.6 is 15.9 Å². The van der Waals surface area contributed by atoms with E-state index in [9.17, 15) is 14.7 Å². The maximum Gasteiger partial charge on any atom is 0.382 e. The molecular weight excluding hydrogens is 432 g/mol. The molecule has 0 radical (unpaired) electrons. The van der Waals surface area contributed by atoms with E-state index in [0.717, 1.165) is 10.0 Å². The van der Waals surface area contributed by atoms with Crippen LogP contribution in [0.15, 0.2) is 83.0 Å². The molecule has 5 nitrogen and oxygen atoms in total. The Hall–Kier alpha value is -3.25. The predicted molar refractivity (Wildman–Crippen MR) is 113 cm³/mol. The minimum atomic E-state index is -0.757. The van der Waals surface area contributed by atoms with E-state index in [0.29, 0.717) is 16.9 Å². The summed E-state index contributed by atoms with van der Waals surface area (Å²) in [6, 6.07) is 19.1. The van der Waals surface area contributed by atoms with Gasteiger partial charge in [0.15, 0.2) is 6.04 Å². The summed E-state index contributed by atoms with van der Waals surface area (Å²) in [5, 5.41) is 11.0. The molecule has 1 amide bonds. The zero-order valence-electron chi connectivity index (χ0n) is 15.6. The number of hydrogen-bond acceptors (Lipinski definition) is 3. The second-order valence-corrected chi connectivity index (χ2v) is 7.75. The van der Waals surface area contributed by atoms with Gasteiger partial charge in [-0.1, -0.05) is 64.0 Å². The smallest absolute Gasteiger partial charge is 0.382 e. The third-order valence-corrected chi connectivity index (χ3v) is 5.38. The first-order valence-corrected chi connectivity index (χ1v) is 9.87. The molecule has 1 unspecified atom stereocenters. The minimum absolute atomic E-state index is 0.0641. The van der Waals surface area contributed by atoms with Gasteiger partial charge in [-0.3, -0.25) is 4.79 Å². The molecule has 1 aromatic heterocycles. The molecule has 1 aliphatic rings. The number of nitrogens with one attached hydrogen (secondary N) is 1. The van der Waals surface area contributed by atoms with E-state index < -0.39 is 17.7 Å². The van der Waals surface area contributed by atoms with E-state index >= 15 is 0 Å². The van der Waals surface area contributed by atoms with Crippen molar-refractivity contribution in [1.82, 2.24) is 0 Å². The van der Waals surface area contributed by atoms with E-state index in [1.165, 1.54) is 4.90 Å². The molecule has 0 spiro atoms. The van der Waals surface area contributed by atoms with Gasteiger partial charge >= 0.3 is 5.91 Å². The zero-order valence-corrected chi connectivity index (χ0v) is 17.2. The quantitative estimate of drug-likeness (QED) is 0.370. The van der Waals surface area contributed by atoms with Crippen LogP contribution in [-0.4, -0.2) is 16.8 Å². The first-order chi connectivity index (χ1) is 14.0. The van der Waals surface area contributed by atoms with Gasteiger partial charge in [0.2, 0.25) is 0 Å². The van der Waals surface area contributed by atoms with Crippen LogP contribution in [0.2, 0.25) is 0 Å². The molecule has 1 aliphatic heterocycles. The van der Waals surface area contributed by atoms with Crippen molar-refractivity contribution in [2.45, 2.75) is 13.0 Å². The summed E-state index contributed by atoms with van der Waals surface area (Å²) in [4.78, 5) is 30.4. The minimum Gasteiger partial charge on any atom is -0.507 e. The number of amides is 1. The van der Waals surface area contributed by atoms with E-state index in [4.69, 9.17) is 0 Å². The number of aliphatic hydroxyl groups is 1. The van der Waals surface area contributed by atoms with Gasteiger partial charge in [-0.15, -0.1) is 0 Å². The number of H-pyrrole nitrogens is 1. The van der Waals surface area contributed by atoms with Crippen molar-refractivity contribution in [3.05, 3.63) is 99.7 Å². The lowest BCUT2D eigenvalue weighted by Crippen LogP contribution is -2.33. The number of benzene rings is 2. The van der Waals surface area contributed by atoms with Gasteiger partial charge in [-0.2, -0.15) is 4.90 Å². The number of halogens is 1. The molecule has 2 aromatic carbocycles. The molecule has 6 heteroatoms. The lowest BCUT2D eigenvalue weighted by molar-refractivity contribution is -0.363. The van der Waals surface area contributed by atoms with Gasteiger partial charge in [0.05, 0.1) is 11.8 Å². The zero-order chi connectivity index (χ0) is 20.5. The second kappa shape index (κ2) is 7.64. The first-order valence-electron chi connectivity index (χ1n) is 9.07. The highest BCUT2D eigenvalue weighted by Gasteiger charge is 2.53. The van der Waals surface area contributed by atoms with Gasteiger partial charge in [-0.25, -0.2) is 9.78 Å². The molecule has 2 heterocycles. The molecule has 29 heavy (non-hydrogen) atoms. The molecule has 1 saturated heterocycles. The van der Waals surface area contributed by atoms with Gasteiger partial charge in [0.25, 0.3) is 11.6 Å². The molecule has 4 rings (SSSR count). The number of pyridine rings is 1. The summed E-state index contributed by atoms with van der Waals surface area (Å²) in [6.45, 7) is 1.94. The van der Waals surface area contributed by atoms with Crippen LogP contribution in [0.3, 0.4) is 0 Å². The standard InChI is InChI=1S/C23H17BrN2O3/c1-14-8-10-15(11-9-14)21(27)19-20(16-5-4-6-17(24)13-16)26(23(29)22(19)28)18-7-2-3-12-25-18/h2-13,20,27H,1H3/p+1. The summed E-state index contributed by atoms with van der Waals surface area (Å²) < 4.78 is 0.813. The van der Waals surface area contributed by atoms with E-state index in [1.807, 2.05) is 43.3 Å². The number of ketones is 1. The molecule has 2 N–H and O–H groups in total. The Morgan fingerprint density at radius 1 is 1.03 bits per heavy atom. The number of carbonyl (C=O) groups is 2. The SMILES string of the molecule is Cc1ccc(C(O)=C2C(=O)C(=O)N(c3cccc[nH+]3)C2c2cccc(Br)c2)cc1. The number of aryl methyl sites for hydroxylation is 1. The Morgan fingerprint density at radius 2 is 1.79 bits per heavy atom. The number of anilines is 1. The van der Waals surface area contributed by atoms with Crippen LogP contribution in [0.5, 0.6) is 0 Å². The van der Waals surface area contributed by atoms with Gasteiger partial charge < -0.3 is 5.11 Å². The number of hydrogen-bond donors (Lipinski definition) is 1. The third kappa shape index (κ3) is 3.47.